The molecule has 0 aliphatic heterocycles. The van der Waals surface area contributed by atoms with Gasteiger partial charge in [0.05, 0.1) is 0 Å². The fraction of sp³-hybridized carbons (Fsp3) is 0.316. The summed E-state index contributed by atoms with van der Waals surface area (Å²) in [5.74, 6) is 0.0983. The third kappa shape index (κ3) is 4.19. The van der Waals surface area contributed by atoms with E-state index < -0.39 is 0 Å². The van der Waals surface area contributed by atoms with Crippen LogP contribution in [0.5, 0.6) is 0 Å². The lowest BCUT2D eigenvalue weighted by Gasteiger charge is -2.14. The standard InChI is InChI=1S/C19H23NO/c1-4-5-6-16-14-19(21)12-9-17(16)13-15-7-10-18(11-8-15)20(2)3/h7-14H,4-6H2,1-3H3. The van der Waals surface area contributed by atoms with E-state index in [1.165, 1.54) is 5.69 Å². The third-order valence-corrected chi connectivity index (χ3v) is 3.65. The van der Waals surface area contributed by atoms with Gasteiger partial charge < -0.3 is 4.90 Å². The van der Waals surface area contributed by atoms with E-state index >= 15 is 0 Å². The molecule has 0 bridgehead atoms. The molecule has 1 aliphatic rings. The molecule has 0 radical (unpaired) electrons. The molecule has 0 aromatic heterocycles. The van der Waals surface area contributed by atoms with Crippen LogP contribution in [0.1, 0.15) is 31.7 Å². The van der Waals surface area contributed by atoms with Crippen LogP contribution in [0, 0.1) is 0 Å². The summed E-state index contributed by atoms with van der Waals surface area (Å²) >= 11 is 0. The third-order valence-electron chi connectivity index (χ3n) is 3.65. The Morgan fingerprint density at radius 3 is 2.43 bits per heavy atom. The minimum atomic E-state index is 0.0983. The Balaban J connectivity index is 2.23. The van der Waals surface area contributed by atoms with Crippen LogP contribution in [-0.4, -0.2) is 19.9 Å². The van der Waals surface area contributed by atoms with Crippen LogP contribution in [0.15, 0.2) is 53.6 Å². The molecule has 1 aromatic rings. The number of rotatable bonds is 5. The summed E-state index contributed by atoms with van der Waals surface area (Å²) in [5, 5.41) is 0. The molecule has 110 valence electrons. The van der Waals surface area contributed by atoms with Crippen molar-refractivity contribution >= 4 is 17.5 Å². The number of allylic oxidation sites excluding steroid dienone is 5. The summed E-state index contributed by atoms with van der Waals surface area (Å²) in [4.78, 5) is 13.6. The van der Waals surface area contributed by atoms with E-state index in [4.69, 9.17) is 0 Å². The van der Waals surface area contributed by atoms with Crippen molar-refractivity contribution in [2.75, 3.05) is 19.0 Å². The van der Waals surface area contributed by atoms with Crippen molar-refractivity contribution in [3.8, 4) is 0 Å². The molecule has 0 spiro atoms. The average Bonchev–Trinajstić information content (AvgIpc) is 2.48. The second kappa shape index (κ2) is 7.07. The summed E-state index contributed by atoms with van der Waals surface area (Å²) in [6.07, 6.45) is 10.7. The van der Waals surface area contributed by atoms with Crippen LogP contribution in [0.3, 0.4) is 0 Å². The number of hydrogen-bond acceptors (Lipinski definition) is 2. The fourth-order valence-electron chi connectivity index (χ4n) is 2.35. The molecule has 0 amide bonds. The monoisotopic (exact) mass is 281 g/mol. The molecule has 0 atom stereocenters. The molecule has 21 heavy (non-hydrogen) atoms. The second-order valence-electron chi connectivity index (χ2n) is 5.59. The Kier molecular flexibility index (Phi) is 5.15. The highest BCUT2D eigenvalue weighted by Gasteiger charge is 2.09. The first-order valence-electron chi connectivity index (χ1n) is 7.52. The fourth-order valence-corrected chi connectivity index (χ4v) is 2.35. The molecule has 0 unspecified atom stereocenters. The van der Waals surface area contributed by atoms with Crippen molar-refractivity contribution in [2.45, 2.75) is 26.2 Å². The van der Waals surface area contributed by atoms with Crippen molar-refractivity contribution in [3.63, 3.8) is 0 Å². The average molecular weight is 281 g/mol. The molecule has 0 saturated carbocycles. The summed E-state index contributed by atoms with van der Waals surface area (Å²) in [6.45, 7) is 2.17. The van der Waals surface area contributed by atoms with Gasteiger partial charge in [0.1, 0.15) is 0 Å². The zero-order chi connectivity index (χ0) is 15.2. The summed E-state index contributed by atoms with van der Waals surface area (Å²) in [7, 11) is 4.07. The van der Waals surface area contributed by atoms with Gasteiger partial charge in [0.2, 0.25) is 0 Å². The number of unbranched alkanes of at least 4 members (excludes halogenated alkanes) is 1. The van der Waals surface area contributed by atoms with Gasteiger partial charge >= 0.3 is 0 Å². The molecule has 0 N–H and O–H groups in total. The van der Waals surface area contributed by atoms with E-state index in [-0.39, 0.29) is 5.78 Å². The molecule has 2 nitrogen and oxygen atoms in total. The van der Waals surface area contributed by atoms with Crippen molar-refractivity contribution in [2.24, 2.45) is 0 Å². The zero-order valence-electron chi connectivity index (χ0n) is 13.1. The van der Waals surface area contributed by atoms with E-state index in [0.29, 0.717) is 0 Å². The van der Waals surface area contributed by atoms with Crippen LogP contribution in [0.2, 0.25) is 0 Å². The lowest BCUT2D eigenvalue weighted by molar-refractivity contribution is -0.110. The Morgan fingerprint density at radius 1 is 1.10 bits per heavy atom. The maximum Gasteiger partial charge on any atom is 0.178 e. The lowest BCUT2D eigenvalue weighted by Crippen LogP contribution is -2.07. The molecule has 2 rings (SSSR count). The van der Waals surface area contributed by atoms with E-state index in [9.17, 15) is 4.79 Å². The number of benzene rings is 1. The Bertz CT molecular complexity index is 588. The molecule has 1 aliphatic carbocycles. The molecule has 0 saturated heterocycles. The maximum absolute atomic E-state index is 11.6. The van der Waals surface area contributed by atoms with Crippen molar-refractivity contribution in [3.05, 3.63) is 59.2 Å². The normalized spacial score (nSPS) is 16.2. The van der Waals surface area contributed by atoms with Crippen molar-refractivity contribution in [1.82, 2.24) is 0 Å². The Hall–Kier alpha value is -2.09. The minimum Gasteiger partial charge on any atom is -0.378 e. The van der Waals surface area contributed by atoms with E-state index in [2.05, 4.69) is 42.2 Å². The summed E-state index contributed by atoms with van der Waals surface area (Å²) < 4.78 is 0. The molecule has 2 heteroatoms. The van der Waals surface area contributed by atoms with E-state index in [1.807, 2.05) is 20.2 Å². The Labute approximate surface area is 127 Å². The number of carbonyl (C=O) groups excluding carboxylic acids is 1. The van der Waals surface area contributed by atoms with Gasteiger partial charge in [0.15, 0.2) is 5.78 Å². The van der Waals surface area contributed by atoms with Crippen molar-refractivity contribution in [1.29, 1.82) is 0 Å². The van der Waals surface area contributed by atoms with Crippen LogP contribution < -0.4 is 4.90 Å². The number of carbonyl (C=O) groups is 1. The summed E-state index contributed by atoms with van der Waals surface area (Å²) in [5.41, 5.74) is 4.66. The van der Waals surface area contributed by atoms with Gasteiger partial charge in [-0.1, -0.05) is 31.6 Å². The van der Waals surface area contributed by atoms with Gasteiger partial charge in [-0.2, -0.15) is 0 Å². The van der Waals surface area contributed by atoms with Gasteiger partial charge in [-0.05, 0) is 59.9 Å². The minimum absolute atomic E-state index is 0.0983. The molecular weight excluding hydrogens is 258 g/mol. The first-order chi connectivity index (χ1) is 10.1. The highest BCUT2D eigenvalue weighted by Crippen LogP contribution is 2.25. The second-order valence-corrected chi connectivity index (χ2v) is 5.59. The highest BCUT2D eigenvalue weighted by atomic mass is 16.1. The highest BCUT2D eigenvalue weighted by molar-refractivity contribution is 6.02. The Morgan fingerprint density at radius 2 is 1.81 bits per heavy atom. The van der Waals surface area contributed by atoms with Gasteiger partial charge in [-0.3, -0.25) is 4.79 Å². The summed E-state index contributed by atoms with van der Waals surface area (Å²) in [6, 6.07) is 8.45. The first-order valence-corrected chi connectivity index (χ1v) is 7.52. The predicted molar refractivity (Wildman–Crippen MR) is 90.5 cm³/mol. The number of nitrogens with zero attached hydrogens (tertiary/aromatic N) is 1. The van der Waals surface area contributed by atoms with Gasteiger partial charge in [-0.25, -0.2) is 0 Å². The van der Waals surface area contributed by atoms with Gasteiger partial charge in [0, 0.05) is 19.8 Å². The van der Waals surface area contributed by atoms with E-state index in [1.54, 1.807) is 12.2 Å². The van der Waals surface area contributed by atoms with Gasteiger partial charge in [-0.15, -0.1) is 0 Å². The van der Waals surface area contributed by atoms with Crippen LogP contribution >= 0.6 is 0 Å². The number of anilines is 1. The zero-order valence-corrected chi connectivity index (χ0v) is 13.1. The topological polar surface area (TPSA) is 20.3 Å². The van der Waals surface area contributed by atoms with Crippen LogP contribution in [0.25, 0.3) is 6.08 Å². The number of hydrogen-bond donors (Lipinski definition) is 0. The number of ketones is 1. The maximum atomic E-state index is 11.6. The lowest BCUT2D eigenvalue weighted by atomic mass is 9.93. The SMILES string of the molecule is CCCCC1=CC(=O)C=CC1=Cc1ccc(N(C)C)cc1. The van der Waals surface area contributed by atoms with Crippen molar-refractivity contribution < 1.29 is 4.79 Å². The molecule has 0 heterocycles. The van der Waals surface area contributed by atoms with Gasteiger partial charge in [0.25, 0.3) is 0 Å². The van der Waals surface area contributed by atoms with Crippen LogP contribution in [0.4, 0.5) is 5.69 Å². The first kappa shape index (κ1) is 15.3. The van der Waals surface area contributed by atoms with Crippen LogP contribution in [-0.2, 0) is 4.79 Å². The largest absolute Gasteiger partial charge is 0.378 e. The molecule has 0 fully saturated rings. The molecule has 1 aromatic carbocycles. The predicted octanol–water partition coefficient (Wildman–Crippen LogP) is 4.39. The van der Waals surface area contributed by atoms with E-state index in [0.717, 1.165) is 36.0 Å². The molecular formula is C19H23NO. The quantitative estimate of drug-likeness (QED) is 0.797. The smallest absolute Gasteiger partial charge is 0.178 e.